The first-order valence-electron chi connectivity index (χ1n) is 8.55. The number of carbonyl (C=O) groups excluding carboxylic acids is 1. The number of benzene rings is 1. The molecule has 0 aliphatic rings. The Labute approximate surface area is 157 Å². The standard InChI is InChI=1S/C20H21FN4O2/c1-24-19(13-18(23-24)16-3-5-17(21)6-4-16)20(26)25(11-12-27-2)14-15-7-9-22-10-8-15/h3-10,13H,11-12,14H2,1-2H3. The molecule has 3 aromatic rings. The molecule has 0 unspecified atom stereocenters. The first kappa shape index (κ1) is 18.7. The number of carbonyl (C=O) groups is 1. The highest BCUT2D eigenvalue weighted by Gasteiger charge is 2.21. The van der Waals surface area contributed by atoms with E-state index in [4.69, 9.17) is 4.74 Å². The Morgan fingerprint density at radius 1 is 1.19 bits per heavy atom. The van der Waals surface area contributed by atoms with Gasteiger partial charge in [0.2, 0.25) is 0 Å². The topological polar surface area (TPSA) is 60.2 Å². The molecule has 7 heteroatoms. The summed E-state index contributed by atoms with van der Waals surface area (Å²) in [5, 5.41) is 4.41. The van der Waals surface area contributed by atoms with Crippen molar-refractivity contribution in [2.24, 2.45) is 7.05 Å². The van der Waals surface area contributed by atoms with Crippen LogP contribution in [-0.4, -0.2) is 45.8 Å². The van der Waals surface area contributed by atoms with Crippen molar-refractivity contribution < 1.29 is 13.9 Å². The molecule has 0 atom stereocenters. The van der Waals surface area contributed by atoms with Gasteiger partial charge in [-0.2, -0.15) is 5.10 Å². The van der Waals surface area contributed by atoms with E-state index in [9.17, 15) is 9.18 Å². The lowest BCUT2D eigenvalue weighted by Gasteiger charge is -2.22. The number of rotatable bonds is 7. The fourth-order valence-corrected chi connectivity index (χ4v) is 2.75. The largest absolute Gasteiger partial charge is 0.383 e. The van der Waals surface area contributed by atoms with E-state index in [-0.39, 0.29) is 11.7 Å². The van der Waals surface area contributed by atoms with Crippen LogP contribution >= 0.6 is 0 Å². The van der Waals surface area contributed by atoms with Gasteiger partial charge in [-0.1, -0.05) is 0 Å². The number of aromatic nitrogens is 3. The molecule has 6 nitrogen and oxygen atoms in total. The highest BCUT2D eigenvalue weighted by atomic mass is 19.1. The van der Waals surface area contributed by atoms with Crippen molar-refractivity contribution in [3.05, 3.63) is 71.9 Å². The van der Waals surface area contributed by atoms with Crippen molar-refractivity contribution in [1.29, 1.82) is 0 Å². The zero-order valence-corrected chi connectivity index (χ0v) is 15.3. The Kier molecular flexibility index (Phi) is 5.93. The van der Waals surface area contributed by atoms with Gasteiger partial charge in [0.1, 0.15) is 11.5 Å². The second kappa shape index (κ2) is 8.55. The van der Waals surface area contributed by atoms with E-state index >= 15 is 0 Å². The Hall–Kier alpha value is -3.06. The van der Waals surface area contributed by atoms with Gasteiger partial charge in [0.25, 0.3) is 5.91 Å². The molecule has 2 heterocycles. The lowest BCUT2D eigenvalue weighted by atomic mass is 10.1. The van der Waals surface area contributed by atoms with E-state index in [2.05, 4.69) is 10.1 Å². The third kappa shape index (κ3) is 4.57. The summed E-state index contributed by atoms with van der Waals surface area (Å²) in [7, 11) is 3.33. The van der Waals surface area contributed by atoms with Gasteiger partial charge in [0, 0.05) is 45.2 Å². The van der Waals surface area contributed by atoms with Crippen LogP contribution in [0.1, 0.15) is 16.1 Å². The maximum atomic E-state index is 13.1. The van der Waals surface area contributed by atoms with Crippen LogP contribution in [0.5, 0.6) is 0 Å². The molecule has 0 spiro atoms. The minimum Gasteiger partial charge on any atom is -0.383 e. The van der Waals surface area contributed by atoms with Gasteiger partial charge >= 0.3 is 0 Å². The van der Waals surface area contributed by atoms with E-state index in [1.807, 2.05) is 12.1 Å². The first-order chi connectivity index (χ1) is 13.1. The van der Waals surface area contributed by atoms with Crippen LogP contribution in [0.25, 0.3) is 11.3 Å². The Morgan fingerprint density at radius 3 is 2.56 bits per heavy atom. The molecule has 0 N–H and O–H groups in total. The zero-order chi connectivity index (χ0) is 19.2. The lowest BCUT2D eigenvalue weighted by Crippen LogP contribution is -2.34. The molecule has 0 radical (unpaired) electrons. The summed E-state index contributed by atoms with van der Waals surface area (Å²) in [6.07, 6.45) is 3.40. The van der Waals surface area contributed by atoms with Crippen molar-refractivity contribution >= 4 is 5.91 Å². The molecular formula is C20H21FN4O2. The fraction of sp³-hybridized carbons (Fsp3) is 0.250. The Balaban J connectivity index is 1.85. The number of hydrogen-bond acceptors (Lipinski definition) is 4. The number of methoxy groups -OCH3 is 1. The summed E-state index contributed by atoms with van der Waals surface area (Å²) in [5.74, 6) is -0.457. The van der Waals surface area contributed by atoms with Gasteiger partial charge in [0.15, 0.2) is 0 Å². The predicted octanol–water partition coefficient (Wildman–Crippen LogP) is 2.91. The third-order valence-corrected chi connectivity index (χ3v) is 4.21. The fourth-order valence-electron chi connectivity index (χ4n) is 2.75. The summed E-state index contributed by atoms with van der Waals surface area (Å²) in [6, 6.07) is 11.5. The molecule has 140 valence electrons. The molecule has 27 heavy (non-hydrogen) atoms. The van der Waals surface area contributed by atoms with Gasteiger partial charge in [-0.05, 0) is 48.0 Å². The van der Waals surface area contributed by atoms with Crippen molar-refractivity contribution in [2.45, 2.75) is 6.54 Å². The minimum absolute atomic E-state index is 0.146. The lowest BCUT2D eigenvalue weighted by molar-refractivity contribution is 0.0669. The van der Waals surface area contributed by atoms with E-state index in [0.717, 1.165) is 11.1 Å². The second-order valence-electron chi connectivity index (χ2n) is 6.12. The van der Waals surface area contributed by atoms with Gasteiger partial charge in [0.05, 0.1) is 12.3 Å². The van der Waals surface area contributed by atoms with Crippen LogP contribution in [0, 0.1) is 5.82 Å². The highest BCUT2D eigenvalue weighted by molar-refractivity contribution is 5.93. The average molecular weight is 368 g/mol. The van der Waals surface area contributed by atoms with Crippen LogP contribution in [0.3, 0.4) is 0 Å². The van der Waals surface area contributed by atoms with Crippen LogP contribution in [0.4, 0.5) is 4.39 Å². The maximum absolute atomic E-state index is 13.1. The van der Waals surface area contributed by atoms with Crippen molar-refractivity contribution in [3.8, 4) is 11.3 Å². The van der Waals surface area contributed by atoms with Crippen molar-refractivity contribution in [1.82, 2.24) is 19.7 Å². The molecular weight excluding hydrogens is 347 g/mol. The van der Waals surface area contributed by atoms with Gasteiger partial charge in [-0.25, -0.2) is 4.39 Å². The quantitative estimate of drug-likeness (QED) is 0.643. The van der Waals surface area contributed by atoms with Crippen LogP contribution in [0.15, 0.2) is 54.9 Å². The maximum Gasteiger partial charge on any atom is 0.272 e. The second-order valence-corrected chi connectivity index (χ2v) is 6.12. The zero-order valence-electron chi connectivity index (χ0n) is 15.3. The SMILES string of the molecule is COCCN(Cc1ccncc1)C(=O)c1cc(-c2ccc(F)cc2)nn1C. The normalized spacial score (nSPS) is 10.8. The molecule has 1 aromatic carbocycles. The highest BCUT2D eigenvalue weighted by Crippen LogP contribution is 2.20. The molecule has 1 amide bonds. The monoisotopic (exact) mass is 368 g/mol. The summed E-state index contributed by atoms with van der Waals surface area (Å²) in [5.41, 5.74) is 2.81. The number of halogens is 1. The van der Waals surface area contributed by atoms with Gasteiger partial charge in [-0.3, -0.25) is 14.5 Å². The molecule has 0 aliphatic heterocycles. The summed E-state index contributed by atoms with van der Waals surface area (Å²) >= 11 is 0. The molecule has 0 bridgehead atoms. The van der Waals surface area contributed by atoms with E-state index in [1.54, 1.807) is 54.3 Å². The number of aryl methyl sites for hydroxylation is 1. The summed E-state index contributed by atoms with van der Waals surface area (Å²) in [4.78, 5) is 18.8. The molecule has 0 saturated carbocycles. The molecule has 0 aliphatic carbocycles. The number of ether oxygens (including phenoxy) is 1. The predicted molar refractivity (Wildman–Crippen MR) is 99.5 cm³/mol. The van der Waals surface area contributed by atoms with Gasteiger partial charge < -0.3 is 9.64 Å². The van der Waals surface area contributed by atoms with Crippen molar-refractivity contribution in [2.75, 3.05) is 20.3 Å². The number of hydrogen-bond donors (Lipinski definition) is 0. The van der Waals surface area contributed by atoms with E-state index in [0.29, 0.717) is 31.1 Å². The third-order valence-electron chi connectivity index (χ3n) is 4.21. The molecule has 3 rings (SSSR count). The molecule has 0 saturated heterocycles. The smallest absolute Gasteiger partial charge is 0.272 e. The Bertz CT molecular complexity index is 894. The molecule has 0 fully saturated rings. The number of pyridine rings is 1. The number of nitrogens with zero attached hydrogens (tertiary/aromatic N) is 4. The van der Waals surface area contributed by atoms with Crippen LogP contribution in [-0.2, 0) is 18.3 Å². The van der Waals surface area contributed by atoms with Gasteiger partial charge in [-0.15, -0.1) is 0 Å². The Morgan fingerprint density at radius 2 is 1.89 bits per heavy atom. The van der Waals surface area contributed by atoms with E-state index in [1.165, 1.54) is 12.1 Å². The van der Waals surface area contributed by atoms with E-state index < -0.39 is 0 Å². The minimum atomic E-state index is -0.311. The van der Waals surface area contributed by atoms with Crippen LogP contribution in [0.2, 0.25) is 0 Å². The summed E-state index contributed by atoms with van der Waals surface area (Å²) < 4.78 is 19.8. The number of amides is 1. The molecule has 2 aromatic heterocycles. The summed E-state index contributed by atoms with van der Waals surface area (Å²) in [6.45, 7) is 1.33. The van der Waals surface area contributed by atoms with Crippen LogP contribution < -0.4 is 0 Å². The average Bonchev–Trinajstić information content (AvgIpc) is 3.07. The van der Waals surface area contributed by atoms with Crippen molar-refractivity contribution in [3.63, 3.8) is 0 Å². The first-order valence-corrected chi connectivity index (χ1v) is 8.55.